The molecular weight excluding hydrogens is 182 g/mol. The van der Waals surface area contributed by atoms with E-state index in [4.69, 9.17) is 10.2 Å². The van der Waals surface area contributed by atoms with E-state index in [1.54, 1.807) is 0 Å². The lowest BCUT2D eigenvalue weighted by molar-refractivity contribution is -0.142. The number of hydrogen-bond donors (Lipinski definition) is 4. The van der Waals surface area contributed by atoms with Gasteiger partial charge in [0, 0.05) is 6.42 Å². The van der Waals surface area contributed by atoms with Crippen LogP contribution in [0.15, 0.2) is 0 Å². The zero-order chi connectivity index (χ0) is 9.56. The molecule has 5 nitrogen and oxygen atoms in total. The number of nitrogens with one attached hydrogen (secondary N) is 1. The van der Waals surface area contributed by atoms with Crippen molar-refractivity contribution in [2.75, 3.05) is 12.4 Å². The Morgan fingerprint density at radius 2 is 2.08 bits per heavy atom. The van der Waals surface area contributed by atoms with Gasteiger partial charge >= 0.3 is 5.97 Å². The molecule has 0 spiro atoms. The Labute approximate surface area is 75.2 Å². The normalized spacial score (nSPS) is 12.2. The molecule has 0 fully saturated rings. The Hall–Kier alpha value is -0.750. The van der Waals surface area contributed by atoms with E-state index in [1.165, 1.54) is 0 Å². The maximum absolute atomic E-state index is 10.8. The number of carboxylic acid groups (broad SMARTS) is 1. The first-order chi connectivity index (χ1) is 5.61. The summed E-state index contributed by atoms with van der Waals surface area (Å²) in [5.41, 5.74) is 0. The van der Waals surface area contributed by atoms with Crippen LogP contribution in [0, 0.1) is 0 Å². The molecule has 0 heterocycles. The third kappa shape index (κ3) is 4.20. The highest BCUT2D eigenvalue weighted by Crippen LogP contribution is 1.87. The zero-order valence-electron chi connectivity index (χ0n) is 6.36. The van der Waals surface area contributed by atoms with Crippen molar-refractivity contribution in [3.05, 3.63) is 0 Å². The Balaban J connectivity index is 3.85. The van der Waals surface area contributed by atoms with Crippen molar-refractivity contribution >= 4 is 24.5 Å². The van der Waals surface area contributed by atoms with Gasteiger partial charge < -0.3 is 15.5 Å². The van der Waals surface area contributed by atoms with Crippen molar-refractivity contribution in [1.82, 2.24) is 5.32 Å². The monoisotopic (exact) mass is 193 g/mol. The first-order valence-corrected chi connectivity index (χ1v) is 3.99. The molecular formula is C6H11NO4S. The summed E-state index contributed by atoms with van der Waals surface area (Å²) in [6.45, 7) is -0.604. The molecule has 12 heavy (non-hydrogen) atoms. The fraction of sp³-hybridized carbons (Fsp3) is 0.667. The number of aliphatic hydroxyl groups excluding tert-OH is 1. The largest absolute Gasteiger partial charge is 0.480 e. The first kappa shape index (κ1) is 11.2. The summed E-state index contributed by atoms with van der Waals surface area (Å²) in [4.78, 5) is 21.1. The lowest BCUT2D eigenvalue weighted by Crippen LogP contribution is -2.43. The number of aliphatic hydroxyl groups is 1. The van der Waals surface area contributed by atoms with Gasteiger partial charge in [0.15, 0.2) is 0 Å². The number of carbonyl (C=O) groups is 2. The molecule has 0 aliphatic heterocycles. The molecule has 0 rings (SSSR count). The quantitative estimate of drug-likeness (QED) is 0.416. The van der Waals surface area contributed by atoms with Crippen molar-refractivity contribution in [3.63, 3.8) is 0 Å². The molecule has 0 saturated heterocycles. The van der Waals surface area contributed by atoms with E-state index in [1.807, 2.05) is 0 Å². The average molecular weight is 193 g/mol. The molecule has 0 radical (unpaired) electrons. The molecule has 0 aromatic carbocycles. The molecule has 0 aliphatic rings. The van der Waals surface area contributed by atoms with E-state index >= 15 is 0 Å². The summed E-state index contributed by atoms with van der Waals surface area (Å²) in [5.74, 6) is -1.32. The van der Waals surface area contributed by atoms with E-state index in [0.29, 0.717) is 5.75 Å². The number of rotatable bonds is 5. The molecule has 3 N–H and O–H groups in total. The van der Waals surface area contributed by atoms with Crippen LogP contribution in [0.5, 0.6) is 0 Å². The third-order valence-corrected chi connectivity index (χ3v) is 1.38. The number of thiol groups is 1. The Morgan fingerprint density at radius 1 is 1.50 bits per heavy atom. The van der Waals surface area contributed by atoms with Crippen LogP contribution in [0.3, 0.4) is 0 Å². The predicted octanol–water partition coefficient (Wildman–Crippen LogP) is -1.13. The number of carboxylic acids is 1. The summed E-state index contributed by atoms with van der Waals surface area (Å²) in [5, 5.41) is 19.0. The fourth-order valence-corrected chi connectivity index (χ4v) is 0.757. The summed E-state index contributed by atoms with van der Waals surface area (Å²) >= 11 is 3.79. The lowest BCUT2D eigenvalue weighted by Gasteiger charge is -2.10. The first-order valence-electron chi connectivity index (χ1n) is 3.35. The van der Waals surface area contributed by atoms with E-state index in [2.05, 4.69) is 17.9 Å². The van der Waals surface area contributed by atoms with E-state index in [-0.39, 0.29) is 6.42 Å². The number of carbonyl (C=O) groups excluding carboxylic acids is 1. The SMILES string of the molecule is O=C(CCS)N[C@@H](CO)C(=O)O. The maximum atomic E-state index is 10.8. The summed E-state index contributed by atoms with van der Waals surface area (Å²) in [6.07, 6.45) is 0.146. The number of amides is 1. The standard InChI is InChI=1S/C6H11NO4S/c8-3-4(6(10)11)7-5(9)1-2-12/h4,8,12H,1-3H2,(H,7,9)(H,10,11)/t4-/m0/s1. The lowest BCUT2D eigenvalue weighted by atomic mass is 10.3. The maximum Gasteiger partial charge on any atom is 0.328 e. The zero-order valence-corrected chi connectivity index (χ0v) is 7.25. The van der Waals surface area contributed by atoms with Crippen LogP contribution in [-0.4, -0.2) is 40.5 Å². The van der Waals surface area contributed by atoms with E-state index in [9.17, 15) is 9.59 Å². The van der Waals surface area contributed by atoms with Gasteiger partial charge in [0.1, 0.15) is 6.04 Å². The van der Waals surface area contributed by atoms with Crippen molar-refractivity contribution < 1.29 is 19.8 Å². The second-order valence-electron chi connectivity index (χ2n) is 2.11. The van der Waals surface area contributed by atoms with Crippen LogP contribution in [0.2, 0.25) is 0 Å². The molecule has 1 amide bonds. The van der Waals surface area contributed by atoms with Crippen LogP contribution in [-0.2, 0) is 9.59 Å². The molecule has 70 valence electrons. The van der Waals surface area contributed by atoms with Crippen LogP contribution < -0.4 is 5.32 Å². The van der Waals surface area contributed by atoms with Crippen LogP contribution in [0.25, 0.3) is 0 Å². The summed E-state index contributed by atoms with van der Waals surface area (Å²) < 4.78 is 0. The summed E-state index contributed by atoms with van der Waals surface area (Å²) in [6, 6.07) is -1.21. The second-order valence-corrected chi connectivity index (χ2v) is 2.56. The van der Waals surface area contributed by atoms with Gasteiger partial charge in [0.2, 0.25) is 5.91 Å². The van der Waals surface area contributed by atoms with Crippen molar-refractivity contribution in [2.24, 2.45) is 0 Å². The fourth-order valence-electron chi connectivity index (χ4n) is 0.554. The van der Waals surface area contributed by atoms with Gasteiger partial charge in [-0.2, -0.15) is 12.6 Å². The minimum absolute atomic E-state index is 0.146. The third-order valence-electron chi connectivity index (χ3n) is 1.15. The Kier molecular flexibility index (Phi) is 5.48. The van der Waals surface area contributed by atoms with Crippen molar-refractivity contribution in [1.29, 1.82) is 0 Å². The van der Waals surface area contributed by atoms with Gasteiger partial charge in [-0.3, -0.25) is 4.79 Å². The summed E-state index contributed by atoms with van der Waals surface area (Å²) in [7, 11) is 0. The molecule has 0 aliphatic carbocycles. The topological polar surface area (TPSA) is 86.6 Å². The van der Waals surface area contributed by atoms with Gasteiger partial charge in [0.05, 0.1) is 6.61 Å². The predicted molar refractivity (Wildman–Crippen MR) is 45.1 cm³/mol. The number of aliphatic carboxylic acids is 1. The smallest absolute Gasteiger partial charge is 0.328 e. The van der Waals surface area contributed by atoms with Gasteiger partial charge in [-0.1, -0.05) is 0 Å². The van der Waals surface area contributed by atoms with Gasteiger partial charge in [0.25, 0.3) is 0 Å². The highest BCUT2D eigenvalue weighted by molar-refractivity contribution is 7.80. The van der Waals surface area contributed by atoms with Gasteiger partial charge in [-0.25, -0.2) is 4.79 Å². The molecule has 0 saturated carbocycles. The van der Waals surface area contributed by atoms with Crippen LogP contribution in [0.1, 0.15) is 6.42 Å². The number of hydrogen-bond acceptors (Lipinski definition) is 4. The Bertz CT molecular complexity index is 173. The minimum Gasteiger partial charge on any atom is -0.480 e. The molecule has 0 aromatic heterocycles. The van der Waals surface area contributed by atoms with E-state index in [0.717, 1.165) is 0 Å². The van der Waals surface area contributed by atoms with Crippen molar-refractivity contribution in [2.45, 2.75) is 12.5 Å². The van der Waals surface area contributed by atoms with Gasteiger partial charge in [-0.05, 0) is 5.75 Å². The Morgan fingerprint density at radius 3 is 2.42 bits per heavy atom. The molecule has 6 heteroatoms. The van der Waals surface area contributed by atoms with E-state index < -0.39 is 24.5 Å². The highest BCUT2D eigenvalue weighted by atomic mass is 32.1. The molecule has 0 aromatic rings. The highest BCUT2D eigenvalue weighted by Gasteiger charge is 2.17. The molecule has 0 bridgehead atoms. The van der Waals surface area contributed by atoms with Gasteiger partial charge in [-0.15, -0.1) is 0 Å². The minimum atomic E-state index is -1.25. The van der Waals surface area contributed by atoms with Crippen LogP contribution >= 0.6 is 12.6 Å². The average Bonchev–Trinajstić information content (AvgIpc) is 2.00. The van der Waals surface area contributed by atoms with Crippen LogP contribution in [0.4, 0.5) is 0 Å². The molecule has 0 unspecified atom stereocenters. The second kappa shape index (κ2) is 5.84. The van der Waals surface area contributed by atoms with Crippen molar-refractivity contribution in [3.8, 4) is 0 Å². The molecule has 1 atom stereocenters.